The second kappa shape index (κ2) is 4.91. The third-order valence-electron chi connectivity index (χ3n) is 3.19. The van der Waals surface area contributed by atoms with Gasteiger partial charge in [0.05, 0.1) is 0 Å². The van der Waals surface area contributed by atoms with Crippen LogP contribution in [0.2, 0.25) is 0 Å². The minimum absolute atomic E-state index is 0.193. The van der Waals surface area contributed by atoms with Gasteiger partial charge in [0.15, 0.2) is 0 Å². The molecule has 0 aliphatic heterocycles. The minimum Gasteiger partial charge on any atom is -0.321 e. The van der Waals surface area contributed by atoms with Crippen LogP contribution < -0.4 is 5.73 Å². The maximum absolute atomic E-state index is 13.7. The number of aryl methyl sites for hydroxylation is 1. The van der Waals surface area contributed by atoms with E-state index >= 15 is 0 Å². The molecule has 2 heteroatoms. The molecule has 0 radical (unpaired) electrons. The molecule has 0 spiro atoms. The predicted molar refractivity (Wildman–Crippen MR) is 72.8 cm³/mol. The summed E-state index contributed by atoms with van der Waals surface area (Å²) >= 11 is 0. The zero-order valence-corrected chi connectivity index (χ0v) is 10.8. The molecule has 18 heavy (non-hydrogen) atoms. The Kier molecular flexibility index (Phi) is 3.48. The van der Waals surface area contributed by atoms with Gasteiger partial charge in [-0.25, -0.2) is 4.39 Å². The molecule has 2 aromatic carbocycles. The summed E-state index contributed by atoms with van der Waals surface area (Å²) in [5, 5.41) is 0. The molecule has 0 bridgehead atoms. The molecule has 0 amide bonds. The van der Waals surface area contributed by atoms with Crippen LogP contribution >= 0.6 is 0 Å². The number of hydrogen-bond acceptors (Lipinski definition) is 1. The fraction of sp³-hybridized carbons (Fsp3) is 0.250. The van der Waals surface area contributed by atoms with Crippen molar-refractivity contribution < 1.29 is 4.39 Å². The highest BCUT2D eigenvalue weighted by Crippen LogP contribution is 2.24. The highest BCUT2D eigenvalue weighted by molar-refractivity contribution is 5.31. The molecule has 1 unspecified atom stereocenters. The van der Waals surface area contributed by atoms with E-state index in [-0.39, 0.29) is 5.82 Å². The van der Waals surface area contributed by atoms with Crippen LogP contribution in [0.4, 0.5) is 4.39 Å². The van der Waals surface area contributed by atoms with Gasteiger partial charge in [-0.3, -0.25) is 0 Å². The van der Waals surface area contributed by atoms with Crippen molar-refractivity contribution in [3.63, 3.8) is 0 Å². The van der Waals surface area contributed by atoms with E-state index in [4.69, 9.17) is 5.73 Å². The summed E-state index contributed by atoms with van der Waals surface area (Å²) in [4.78, 5) is 0. The van der Waals surface area contributed by atoms with Gasteiger partial charge in [-0.2, -0.15) is 0 Å². The standard InChI is InChI=1S/C16H18FN/c1-12-6-5-8-14(10-12)16(2,18)11-13-7-3-4-9-15(13)17/h3-10H,11,18H2,1-2H3. The second-order valence-electron chi connectivity index (χ2n) is 5.06. The van der Waals surface area contributed by atoms with E-state index in [9.17, 15) is 4.39 Å². The van der Waals surface area contributed by atoms with Crippen LogP contribution in [0, 0.1) is 12.7 Å². The quantitative estimate of drug-likeness (QED) is 0.876. The average Bonchev–Trinajstić information content (AvgIpc) is 2.32. The lowest BCUT2D eigenvalue weighted by atomic mass is 9.86. The van der Waals surface area contributed by atoms with Crippen molar-refractivity contribution >= 4 is 0 Å². The first-order valence-electron chi connectivity index (χ1n) is 6.08. The molecule has 1 nitrogen and oxygen atoms in total. The Morgan fingerprint density at radius 1 is 1.11 bits per heavy atom. The first-order chi connectivity index (χ1) is 8.49. The molecule has 0 aromatic heterocycles. The number of rotatable bonds is 3. The first-order valence-corrected chi connectivity index (χ1v) is 6.08. The molecule has 0 saturated carbocycles. The molecule has 94 valence electrons. The van der Waals surface area contributed by atoms with Crippen LogP contribution in [0.3, 0.4) is 0 Å². The molecule has 2 rings (SSSR count). The lowest BCUT2D eigenvalue weighted by Gasteiger charge is -2.26. The normalized spacial score (nSPS) is 14.2. The molecule has 2 aromatic rings. The highest BCUT2D eigenvalue weighted by atomic mass is 19.1. The maximum atomic E-state index is 13.7. The molecule has 0 fully saturated rings. The number of halogens is 1. The Labute approximate surface area is 107 Å². The summed E-state index contributed by atoms with van der Waals surface area (Å²) in [7, 11) is 0. The fourth-order valence-electron chi connectivity index (χ4n) is 2.14. The topological polar surface area (TPSA) is 26.0 Å². The number of benzene rings is 2. The third kappa shape index (κ3) is 2.77. The molecule has 2 N–H and O–H groups in total. The summed E-state index contributed by atoms with van der Waals surface area (Å²) < 4.78 is 13.7. The van der Waals surface area contributed by atoms with Crippen molar-refractivity contribution in [3.8, 4) is 0 Å². The lowest BCUT2D eigenvalue weighted by Crippen LogP contribution is -2.35. The van der Waals surface area contributed by atoms with Gasteiger partial charge in [-0.05, 0) is 37.5 Å². The van der Waals surface area contributed by atoms with E-state index in [1.54, 1.807) is 12.1 Å². The summed E-state index contributed by atoms with van der Waals surface area (Å²) in [5.41, 5.74) is 8.63. The summed E-state index contributed by atoms with van der Waals surface area (Å²) in [6.07, 6.45) is 0.489. The van der Waals surface area contributed by atoms with Gasteiger partial charge in [0.25, 0.3) is 0 Å². The van der Waals surface area contributed by atoms with Crippen molar-refractivity contribution in [2.24, 2.45) is 5.73 Å². The Balaban J connectivity index is 2.30. The van der Waals surface area contributed by atoms with Gasteiger partial charge in [-0.15, -0.1) is 0 Å². The lowest BCUT2D eigenvalue weighted by molar-refractivity contribution is 0.475. The van der Waals surface area contributed by atoms with Gasteiger partial charge in [0.2, 0.25) is 0 Å². The van der Waals surface area contributed by atoms with Crippen LogP contribution in [-0.2, 0) is 12.0 Å². The van der Waals surface area contributed by atoms with E-state index in [1.807, 2.05) is 38.1 Å². The zero-order chi connectivity index (χ0) is 13.2. The fourth-order valence-corrected chi connectivity index (χ4v) is 2.14. The zero-order valence-electron chi connectivity index (χ0n) is 10.8. The van der Waals surface area contributed by atoms with E-state index in [1.165, 1.54) is 6.07 Å². The Morgan fingerprint density at radius 3 is 2.50 bits per heavy atom. The Hall–Kier alpha value is -1.67. The summed E-state index contributed by atoms with van der Waals surface area (Å²) in [6, 6.07) is 14.9. The van der Waals surface area contributed by atoms with Crippen LogP contribution in [0.15, 0.2) is 48.5 Å². The highest BCUT2D eigenvalue weighted by Gasteiger charge is 2.23. The molecule has 0 saturated heterocycles. The van der Waals surface area contributed by atoms with Crippen LogP contribution in [0.1, 0.15) is 23.6 Å². The SMILES string of the molecule is Cc1cccc(C(C)(N)Cc2ccccc2F)c1. The minimum atomic E-state index is -0.561. The molecule has 0 heterocycles. The summed E-state index contributed by atoms with van der Waals surface area (Å²) in [5.74, 6) is -0.193. The van der Waals surface area contributed by atoms with Crippen LogP contribution in [0.5, 0.6) is 0 Å². The summed E-state index contributed by atoms with van der Waals surface area (Å²) in [6.45, 7) is 3.97. The van der Waals surface area contributed by atoms with Crippen molar-refractivity contribution in [2.45, 2.75) is 25.8 Å². The van der Waals surface area contributed by atoms with E-state index in [0.29, 0.717) is 12.0 Å². The smallest absolute Gasteiger partial charge is 0.126 e. The average molecular weight is 243 g/mol. The predicted octanol–water partition coefficient (Wildman–Crippen LogP) is 3.55. The molecule has 0 aliphatic rings. The van der Waals surface area contributed by atoms with Crippen molar-refractivity contribution in [3.05, 3.63) is 71.0 Å². The van der Waals surface area contributed by atoms with Crippen molar-refractivity contribution in [1.29, 1.82) is 0 Å². The molecular weight excluding hydrogens is 225 g/mol. The Bertz CT molecular complexity index is 546. The van der Waals surface area contributed by atoms with Gasteiger partial charge in [-0.1, -0.05) is 48.0 Å². The molecule has 1 atom stereocenters. The number of hydrogen-bond donors (Lipinski definition) is 1. The van der Waals surface area contributed by atoms with Gasteiger partial charge < -0.3 is 5.73 Å². The van der Waals surface area contributed by atoms with E-state index < -0.39 is 5.54 Å². The third-order valence-corrected chi connectivity index (χ3v) is 3.19. The largest absolute Gasteiger partial charge is 0.321 e. The van der Waals surface area contributed by atoms with Gasteiger partial charge in [0.1, 0.15) is 5.82 Å². The second-order valence-corrected chi connectivity index (χ2v) is 5.06. The van der Waals surface area contributed by atoms with E-state index in [2.05, 4.69) is 6.07 Å². The van der Waals surface area contributed by atoms with E-state index in [0.717, 1.165) is 11.1 Å². The maximum Gasteiger partial charge on any atom is 0.126 e. The molecule has 0 aliphatic carbocycles. The van der Waals surface area contributed by atoms with Crippen LogP contribution in [-0.4, -0.2) is 0 Å². The van der Waals surface area contributed by atoms with Crippen LogP contribution in [0.25, 0.3) is 0 Å². The molecular formula is C16H18FN. The monoisotopic (exact) mass is 243 g/mol. The Morgan fingerprint density at radius 2 is 1.83 bits per heavy atom. The number of nitrogens with two attached hydrogens (primary N) is 1. The van der Waals surface area contributed by atoms with Gasteiger partial charge in [0, 0.05) is 5.54 Å². The first kappa shape index (κ1) is 12.8. The van der Waals surface area contributed by atoms with Gasteiger partial charge >= 0.3 is 0 Å². The van der Waals surface area contributed by atoms with Crippen molar-refractivity contribution in [2.75, 3.05) is 0 Å². The van der Waals surface area contributed by atoms with Crippen molar-refractivity contribution in [1.82, 2.24) is 0 Å².